The summed E-state index contributed by atoms with van der Waals surface area (Å²) in [4.78, 5) is 24.4. The van der Waals surface area contributed by atoms with E-state index < -0.39 is 5.60 Å². The summed E-state index contributed by atoms with van der Waals surface area (Å²) in [6, 6.07) is 1.96. The number of thiophene rings is 1. The average molecular weight is 346 g/mol. The van der Waals surface area contributed by atoms with Gasteiger partial charge < -0.3 is 14.9 Å². The van der Waals surface area contributed by atoms with Crippen LogP contribution in [0.25, 0.3) is 0 Å². The van der Waals surface area contributed by atoms with E-state index in [2.05, 4.69) is 9.97 Å². The summed E-state index contributed by atoms with van der Waals surface area (Å²) in [6.07, 6.45) is 6.91. The molecular weight excluding hydrogens is 324 g/mol. The van der Waals surface area contributed by atoms with Crippen LogP contribution in [-0.4, -0.2) is 58.2 Å². The normalized spacial score (nSPS) is 20.8. The fraction of sp³-hybridized carbons (Fsp3) is 0.471. The van der Waals surface area contributed by atoms with E-state index in [1.807, 2.05) is 21.7 Å². The van der Waals surface area contributed by atoms with Crippen molar-refractivity contribution in [1.29, 1.82) is 0 Å². The topological polar surface area (TPSA) is 69.6 Å². The minimum atomic E-state index is -0.922. The van der Waals surface area contributed by atoms with E-state index in [-0.39, 0.29) is 5.91 Å². The molecule has 1 aliphatic heterocycles. The number of rotatable bonds is 5. The predicted molar refractivity (Wildman–Crippen MR) is 94.1 cm³/mol. The van der Waals surface area contributed by atoms with Crippen molar-refractivity contribution < 1.29 is 9.90 Å². The summed E-state index contributed by atoms with van der Waals surface area (Å²) in [5, 5.41) is 14.9. The third-order valence-corrected chi connectivity index (χ3v) is 5.05. The number of aromatic nitrogens is 2. The summed E-state index contributed by atoms with van der Waals surface area (Å²) in [6.45, 7) is 1.63. The van der Waals surface area contributed by atoms with Gasteiger partial charge in [-0.15, -0.1) is 0 Å². The fourth-order valence-corrected chi connectivity index (χ4v) is 3.79. The molecule has 1 saturated heterocycles. The molecule has 1 N–H and O–H groups in total. The molecule has 0 radical (unpaired) electrons. The van der Waals surface area contributed by atoms with Crippen molar-refractivity contribution in [2.45, 2.75) is 24.9 Å². The highest BCUT2D eigenvalue weighted by molar-refractivity contribution is 7.07. The lowest BCUT2D eigenvalue weighted by molar-refractivity contribution is -0.132. The number of nitrogens with zero attached hydrogens (tertiary/aromatic N) is 4. The molecule has 0 saturated carbocycles. The molecule has 6 nitrogen and oxygen atoms in total. The zero-order chi connectivity index (χ0) is 17.0. The van der Waals surface area contributed by atoms with Crippen molar-refractivity contribution in [2.24, 2.45) is 0 Å². The second-order valence-corrected chi connectivity index (χ2v) is 7.15. The molecule has 7 heteroatoms. The molecule has 1 fully saturated rings. The first-order chi connectivity index (χ1) is 11.6. The minimum absolute atomic E-state index is 0.0263. The van der Waals surface area contributed by atoms with Gasteiger partial charge in [-0.3, -0.25) is 9.78 Å². The SMILES string of the molecule is CN(C[C@]1(O)CCCN(c2cnccn2)C1)C(=O)Cc1ccsc1. The minimum Gasteiger partial charge on any atom is -0.386 e. The van der Waals surface area contributed by atoms with E-state index in [1.54, 1.807) is 41.9 Å². The first-order valence-electron chi connectivity index (χ1n) is 8.04. The number of hydrogen-bond donors (Lipinski definition) is 1. The van der Waals surface area contributed by atoms with E-state index in [4.69, 9.17) is 0 Å². The molecule has 3 rings (SSSR count). The third-order valence-electron chi connectivity index (χ3n) is 4.32. The fourth-order valence-electron chi connectivity index (χ4n) is 3.12. The monoisotopic (exact) mass is 346 g/mol. The Morgan fingerprint density at radius 2 is 2.38 bits per heavy atom. The molecule has 1 atom stereocenters. The lowest BCUT2D eigenvalue weighted by atomic mass is 9.92. The molecule has 0 unspecified atom stereocenters. The Hall–Kier alpha value is -1.99. The van der Waals surface area contributed by atoms with Gasteiger partial charge in [0.1, 0.15) is 5.82 Å². The van der Waals surface area contributed by atoms with Crippen molar-refractivity contribution in [2.75, 3.05) is 31.6 Å². The van der Waals surface area contributed by atoms with Crippen molar-refractivity contribution in [3.63, 3.8) is 0 Å². The number of amides is 1. The van der Waals surface area contributed by atoms with Crippen molar-refractivity contribution in [1.82, 2.24) is 14.9 Å². The molecule has 2 aromatic rings. The molecular formula is C17H22N4O2S. The highest BCUT2D eigenvalue weighted by atomic mass is 32.1. The highest BCUT2D eigenvalue weighted by Crippen LogP contribution is 2.25. The van der Waals surface area contributed by atoms with Gasteiger partial charge in [-0.05, 0) is 35.2 Å². The Labute approximate surface area is 145 Å². The van der Waals surface area contributed by atoms with Crippen LogP contribution in [0, 0.1) is 0 Å². The van der Waals surface area contributed by atoms with Crippen molar-refractivity contribution in [3.8, 4) is 0 Å². The van der Waals surface area contributed by atoms with Crippen molar-refractivity contribution >= 4 is 23.1 Å². The molecule has 24 heavy (non-hydrogen) atoms. The quantitative estimate of drug-likeness (QED) is 0.890. The van der Waals surface area contributed by atoms with E-state index in [1.165, 1.54) is 0 Å². The second-order valence-electron chi connectivity index (χ2n) is 6.37. The summed E-state index contributed by atoms with van der Waals surface area (Å²) >= 11 is 1.59. The van der Waals surface area contributed by atoms with Crippen LogP contribution in [0.3, 0.4) is 0 Å². The van der Waals surface area contributed by atoms with Gasteiger partial charge in [0.2, 0.25) is 5.91 Å². The van der Waals surface area contributed by atoms with E-state index >= 15 is 0 Å². The smallest absolute Gasteiger partial charge is 0.226 e. The van der Waals surface area contributed by atoms with Crippen LogP contribution < -0.4 is 4.90 Å². The molecule has 128 valence electrons. The first kappa shape index (κ1) is 16.9. The lowest BCUT2D eigenvalue weighted by Crippen LogP contribution is -2.55. The summed E-state index contributed by atoms with van der Waals surface area (Å²) < 4.78 is 0. The van der Waals surface area contributed by atoms with Crippen LogP contribution in [0.1, 0.15) is 18.4 Å². The van der Waals surface area contributed by atoms with Gasteiger partial charge in [-0.1, -0.05) is 0 Å². The predicted octanol–water partition coefficient (Wildman–Crippen LogP) is 1.57. The van der Waals surface area contributed by atoms with Crippen LogP contribution in [0.5, 0.6) is 0 Å². The maximum atomic E-state index is 12.4. The van der Waals surface area contributed by atoms with Crippen LogP contribution in [-0.2, 0) is 11.2 Å². The van der Waals surface area contributed by atoms with Gasteiger partial charge in [0.25, 0.3) is 0 Å². The number of likely N-dealkylation sites (N-methyl/N-ethyl adjacent to an activating group) is 1. The second kappa shape index (κ2) is 7.27. The van der Waals surface area contributed by atoms with Gasteiger partial charge in [0.15, 0.2) is 0 Å². The number of β-amino-alcohol motifs (C(OH)–C–C–N with tert-alkyl or cyclic N) is 1. The van der Waals surface area contributed by atoms with Crippen LogP contribution in [0.15, 0.2) is 35.4 Å². The first-order valence-corrected chi connectivity index (χ1v) is 8.98. The van der Waals surface area contributed by atoms with E-state index in [0.717, 1.165) is 24.3 Å². The highest BCUT2D eigenvalue weighted by Gasteiger charge is 2.35. The number of carbonyl (C=O) groups excluding carboxylic acids is 1. The summed E-state index contributed by atoms with van der Waals surface area (Å²) in [5.41, 5.74) is 0.100. The Kier molecular flexibility index (Phi) is 5.11. The Bertz CT molecular complexity index is 664. The van der Waals surface area contributed by atoms with E-state index in [9.17, 15) is 9.90 Å². The van der Waals surface area contributed by atoms with Crippen LogP contribution in [0.2, 0.25) is 0 Å². The molecule has 0 bridgehead atoms. The Morgan fingerprint density at radius 1 is 1.50 bits per heavy atom. The standard InChI is InChI=1S/C17H22N4O2S/c1-20(16(22)9-14-3-8-24-11-14)12-17(23)4-2-7-21(13-17)15-10-18-5-6-19-15/h3,5-6,8,10-11,23H,2,4,7,9,12-13H2,1H3/t17-/m1/s1. The van der Waals surface area contributed by atoms with E-state index in [0.29, 0.717) is 25.9 Å². The molecule has 1 aliphatic rings. The number of anilines is 1. The van der Waals surface area contributed by atoms with Crippen molar-refractivity contribution in [3.05, 3.63) is 41.0 Å². The van der Waals surface area contributed by atoms with Gasteiger partial charge in [-0.25, -0.2) is 4.98 Å². The molecule has 3 heterocycles. The zero-order valence-corrected chi connectivity index (χ0v) is 14.6. The summed E-state index contributed by atoms with van der Waals surface area (Å²) in [7, 11) is 1.76. The third kappa shape index (κ3) is 4.10. The number of aliphatic hydroxyl groups is 1. The number of carbonyl (C=O) groups is 1. The zero-order valence-electron chi connectivity index (χ0n) is 13.8. The molecule has 0 aromatic carbocycles. The molecule has 0 spiro atoms. The van der Waals surface area contributed by atoms with Gasteiger partial charge >= 0.3 is 0 Å². The largest absolute Gasteiger partial charge is 0.386 e. The lowest BCUT2D eigenvalue weighted by Gasteiger charge is -2.41. The maximum absolute atomic E-state index is 12.4. The summed E-state index contributed by atoms with van der Waals surface area (Å²) in [5.74, 6) is 0.793. The average Bonchev–Trinajstić information content (AvgIpc) is 3.08. The Balaban J connectivity index is 1.61. The molecule has 1 amide bonds. The molecule has 0 aliphatic carbocycles. The number of hydrogen-bond acceptors (Lipinski definition) is 6. The molecule has 2 aromatic heterocycles. The van der Waals surface area contributed by atoms with Gasteiger partial charge in [0.05, 0.1) is 24.8 Å². The van der Waals surface area contributed by atoms with Crippen LogP contribution in [0.4, 0.5) is 5.82 Å². The van der Waals surface area contributed by atoms with Gasteiger partial charge in [0, 0.05) is 32.5 Å². The van der Waals surface area contributed by atoms with Crippen LogP contribution >= 0.6 is 11.3 Å². The maximum Gasteiger partial charge on any atom is 0.226 e. The Morgan fingerprint density at radius 3 is 3.08 bits per heavy atom. The van der Waals surface area contributed by atoms with Gasteiger partial charge in [-0.2, -0.15) is 11.3 Å². The number of piperidine rings is 1.